The van der Waals surface area contributed by atoms with E-state index in [9.17, 15) is 0 Å². The molecule has 3 heteroatoms. The van der Waals surface area contributed by atoms with Crippen LogP contribution in [0.5, 0.6) is 0 Å². The third kappa shape index (κ3) is 9.86. The molecule has 0 N–H and O–H groups in total. The number of hydrogen-bond donors (Lipinski definition) is 0. The predicted octanol–water partition coefficient (Wildman–Crippen LogP) is 5.05. The average molecular weight is 273 g/mol. The summed E-state index contributed by atoms with van der Waals surface area (Å²) in [6.07, 6.45) is 10.3. The number of rotatable bonds is 13. The molecule has 0 aliphatic rings. The highest BCUT2D eigenvalue weighted by Crippen LogP contribution is 2.18. The quantitative estimate of drug-likeness (QED) is 0.265. The van der Waals surface area contributed by atoms with Crippen molar-refractivity contribution in [3.63, 3.8) is 0 Å². The van der Waals surface area contributed by atoms with Gasteiger partial charge in [0, 0.05) is 13.2 Å². The highest BCUT2D eigenvalue weighted by Gasteiger charge is 2.30. The van der Waals surface area contributed by atoms with E-state index in [4.69, 9.17) is 8.85 Å². The van der Waals surface area contributed by atoms with E-state index in [1.165, 1.54) is 25.7 Å². The summed E-state index contributed by atoms with van der Waals surface area (Å²) in [6.45, 7) is 12.2. The Morgan fingerprint density at radius 2 is 1.44 bits per heavy atom. The van der Waals surface area contributed by atoms with Gasteiger partial charge in [-0.1, -0.05) is 45.6 Å². The Labute approximate surface area is 115 Å². The van der Waals surface area contributed by atoms with Gasteiger partial charge in [-0.25, -0.2) is 0 Å². The molecular weight excluding hydrogens is 240 g/mol. The van der Waals surface area contributed by atoms with E-state index in [0.29, 0.717) is 0 Å². The molecule has 0 radical (unpaired) electrons. The van der Waals surface area contributed by atoms with Crippen LogP contribution in [0.1, 0.15) is 58.8 Å². The van der Waals surface area contributed by atoms with Crippen molar-refractivity contribution >= 4 is 8.56 Å². The van der Waals surface area contributed by atoms with E-state index in [0.717, 1.165) is 38.5 Å². The van der Waals surface area contributed by atoms with Crippen molar-refractivity contribution in [1.29, 1.82) is 0 Å². The van der Waals surface area contributed by atoms with Crippen LogP contribution in [-0.4, -0.2) is 21.8 Å². The molecule has 0 aromatic carbocycles. The Morgan fingerprint density at radius 1 is 0.944 bits per heavy atom. The van der Waals surface area contributed by atoms with Crippen LogP contribution in [0.4, 0.5) is 0 Å². The van der Waals surface area contributed by atoms with E-state index in [1.54, 1.807) is 0 Å². The normalized spacial score (nSPS) is 11.7. The van der Waals surface area contributed by atoms with Gasteiger partial charge in [0.05, 0.1) is 0 Å². The summed E-state index contributed by atoms with van der Waals surface area (Å²) in [5.74, 6) is 0. The highest BCUT2D eigenvalue weighted by molar-refractivity contribution is 6.66. The van der Waals surface area contributed by atoms with Crippen LogP contribution in [-0.2, 0) is 8.85 Å². The number of unbranched alkanes of at least 4 members (excludes halogenated alkanes) is 4. The van der Waals surface area contributed by atoms with Crippen molar-refractivity contribution in [3.05, 3.63) is 12.7 Å². The second-order valence-electron chi connectivity index (χ2n) is 5.07. The lowest BCUT2D eigenvalue weighted by Gasteiger charge is -2.27. The first kappa shape index (κ1) is 17.9. The minimum atomic E-state index is -1.94. The van der Waals surface area contributed by atoms with Crippen LogP contribution in [0.15, 0.2) is 12.7 Å². The van der Waals surface area contributed by atoms with E-state index in [-0.39, 0.29) is 0 Å². The summed E-state index contributed by atoms with van der Waals surface area (Å²) in [5, 5.41) is 0. The molecule has 0 rings (SSSR count). The Morgan fingerprint density at radius 3 is 1.83 bits per heavy atom. The molecular formula is C15H32O2Si. The molecule has 0 atom stereocenters. The largest absolute Gasteiger partial charge is 0.394 e. The molecule has 2 nitrogen and oxygen atoms in total. The molecule has 18 heavy (non-hydrogen) atoms. The summed E-state index contributed by atoms with van der Waals surface area (Å²) >= 11 is 0. The fourth-order valence-electron chi connectivity index (χ4n) is 1.83. The molecule has 0 heterocycles. The second-order valence-corrected chi connectivity index (χ2v) is 8.42. The standard InChI is InChI=1S/C15H32O2Si/c1-5-8-11-13-16-18(4,15-10-7-3)17-14-12-9-6-2/h7H,3,5-6,8-15H2,1-2,4H3. The van der Waals surface area contributed by atoms with Gasteiger partial charge in [-0.05, 0) is 31.9 Å². The molecule has 108 valence electrons. The maximum atomic E-state index is 6.08. The van der Waals surface area contributed by atoms with Gasteiger partial charge in [-0.3, -0.25) is 0 Å². The molecule has 0 aromatic rings. The zero-order valence-corrected chi connectivity index (χ0v) is 13.7. The zero-order chi connectivity index (χ0) is 13.7. The Kier molecular flexibility index (Phi) is 11.9. The molecule has 0 bridgehead atoms. The van der Waals surface area contributed by atoms with Crippen LogP contribution in [0, 0.1) is 0 Å². The minimum absolute atomic E-state index is 0.863. The van der Waals surface area contributed by atoms with Gasteiger partial charge in [0.1, 0.15) is 0 Å². The molecule has 0 saturated heterocycles. The van der Waals surface area contributed by atoms with Crippen molar-refractivity contribution in [3.8, 4) is 0 Å². The number of allylic oxidation sites excluding steroid dienone is 1. The Balaban J connectivity index is 3.94. The third-order valence-corrected chi connectivity index (χ3v) is 5.94. The molecule has 0 aliphatic heterocycles. The number of hydrogen-bond acceptors (Lipinski definition) is 2. The smallest absolute Gasteiger partial charge is 0.335 e. The first-order valence-electron chi connectivity index (χ1n) is 7.57. The zero-order valence-electron chi connectivity index (χ0n) is 12.7. The minimum Gasteiger partial charge on any atom is -0.394 e. The molecule has 0 amide bonds. The SMILES string of the molecule is C=CCC[Si](C)(OCCCCC)OCCCCC. The van der Waals surface area contributed by atoms with Crippen LogP contribution in [0.25, 0.3) is 0 Å². The van der Waals surface area contributed by atoms with Gasteiger partial charge < -0.3 is 8.85 Å². The summed E-state index contributed by atoms with van der Waals surface area (Å²) in [4.78, 5) is 0. The van der Waals surface area contributed by atoms with Gasteiger partial charge in [0.25, 0.3) is 0 Å². The molecule has 0 aromatic heterocycles. The first-order chi connectivity index (χ1) is 8.68. The summed E-state index contributed by atoms with van der Waals surface area (Å²) < 4.78 is 12.2. The van der Waals surface area contributed by atoms with Gasteiger partial charge >= 0.3 is 8.56 Å². The van der Waals surface area contributed by atoms with E-state index >= 15 is 0 Å². The van der Waals surface area contributed by atoms with Crippen molar-refractivity contribution in [2.24, 2.45) is 0 Å². The second kappa shape index (κ2) is 11.9. The van der Waals surface area contributed by atoms with Gasteiger partial charge in [-0.15, -0.1) is 6.58 Å². The van der Waals surface area contributed by atoms with Crippen LogP contribution >= 0.6 is 0 Å². The van der Waals surface area contributed by atoms with Gasteiger partial charge in [0.2, 0.25) is 0 Å². The highest BCUT2D eigenvalue weighted by atomic mass is 28.4. The summed E-state index contributed by atoms with van der Waals surface area (Å²) in [6, 6.07) is 1.04. The van der Waals surface area contributed by atoms with Gasteiger partial charge in [0.15, 0.2) is 0 Å². The first-order valence-corrected chi connectivity index (χ1v) is 10.1. The van der Waals surface area contributed by atoms with E-state index in [2.05, 4.69) is 27.0 Å². The molecule has 0 unspecified atom stereocenters. The van der Waals surface area contributed by atoms with Crippen molar-refractivity contribution < 1.29 is 8.85 Å². The lowest BCUT2D eigenvalue weighted by atomic mass is 10.3. The van der Waals surface area contributed by atoms with E-state index < -0.39 is 8.56 Å². The van der Waals surface area contributed by atoms with Crippen molar-refractivity contribution in [2.45, 2.75) is 71.4 Å². The van der Waals surface area contributed by atoms with Crippen molar-refractivity contribution in [2.75, 3.05) is 13.2 Å². The van der Waals surface area contributed by atoms with Crippen molar-refractivity contribution in [1.82, 2.24) is 0 Å². The molecule has 0 saturated carbocycles. The van der Waals surface area contributed by atoms with Crippen LogP contribution < -0.4 is 0 Å². The topological polar surface area (TPSA) is 18.5 Å². The molecule has 0 spiro atoms. The maximum absolute atomic E-state index is 6.08. The Hall–Kier alpha value is -0.123. The van der Waals surface area contributed by atoms with E-state index in [1.807, 2.05) is 6.08 Å². The lowest BCUT2D eigenvalue weighted by Crippen LogP contribution is -2.39. The lowest BCUT2D eigenvalue weighted by molar-refractivity contribution is 0.167. The summed E-state index contributed by atoms with van der Waals surface area (Å²) in [5.41, 5.74) is 0. The third-order valence-electron chi connectivity index (χ3n) is 3.11. The monoisotopic (exact) mass is 272 g/mol. The average Bonchev–Trinajstić information content (AvgIpc) is 2.38. The Bertz CT molecular complexity index is 183. The fourth-order valence-corrected chi connectivity index (χ4v) is 4.08. The van der Waals surface area contributed by atoms with Gasteiger partial charge in [-0.2, -0.15) is 0 Å². The summed E-state index contributed by atoms with van der Waals surface area (Å²) in [7, 11) is -1.94. The molecule has 0 aliphatic carbocycles. The predicted molar refractivity (Wildman–Crippen MR) is 82.2 cm³/mol. The molecule has 0 fully saturated rings. The van der Waals surface area contributed by atoms with Crippen LogP contribution in [0.3, 0.4) is 0 Å². The van der Waals surface area contributed by atoms with Crippen LogP contribution in [0.2, 0.25) is 12.6 Å². The fraction of sp³-hybridized carbons (Fsp3) is 0.867. The maximum Gasteiger partial charge on any atom is 0.335 e.